The van der Waals surface area contributed by atoms with Crippen LogP contribution in [-0.4, -0.2) is 65.4 Å². The van der Waals surface area contributed by atoms with Crippen LogP contribution in [0.4, 0.5) is 10.5 Å². The average molecular weight is 468 g/mol. The Morgan fingerprint density at radius 3 is 2.60 bits per heavy atom. The number of hydrogen-bond donors (Lipinski definition) is 1. The number of nitrogens with zero attached hydrogens (tertiary/aromatic N) is 4. The molecule has 2 aliphatic heterocycles. The fourth-order valence-electron chi connectivity index (χ4n) is 4.99. The normalized spacial score (nSPS) is 19.7. The summed E-state index contributed by atoms with van der Waals surface area (Å²) < 4.78 is 5.21. The van der Waals surface area contributed by atoms with Crippen LogP contribution >= 0.6 is 0 Å². The van der Waals surface area contributed by atoms with Gasteiger partial charge in [-0.3, -0.25) is 4.90 Å². The molecule has 1 aromatic heterocycles. The summed E-state index contributed by atoms with van der Waals surface area (Å²) in [4.78, 5) is 17.6. The molecule has 7 nitrogen and oxygen atoms in total. The summed E-state index contributed by atoms with van der Waals surface area (Å²) in [5.74, 6) is 7.39. The van der Waals surface area contributed by atoms with Gasteiger partial charge >= 0.3 is 6.03 Å². The summed E-state index contributed by atoms with van der Waals surface area (Å²) in [5.41, 5.74) is 3.70. The monoisotopic (exact) mass is 467 g/mol. The predicted molar refractivity (Wildman–Crippen MR) is 135 cm³/mol. The second kappa shape index (κ2) is 10.6. The first-order chi connectivity index (χ1) is 17.2. The molecule has 1 N–H and O–H groups in total. The minimum atomic E-state index is -0.0442. The van der Waals surface area contributed by atoms with E-state index in [0.29, 0.717) is 17.7 Å². The molecule has 0 radical (unpaired) electrons. The minimum absolute atomic E-state index is 0.0442. The van der Waals surface area contributed by atoms with Gasteiger partial charge in [0.25, 0.3) is 0 Å². The topological polar surface area (TPSA) is 70.6 Å². The Bertz CT molecular complexity index is 1200. The molecular formula is C28H29N5O2. The Balaban J connectivity index is 1.26. The molecule has 0 saturated carbocycles. The van der Waals surface area contributed by atoms with Crippen LogP contribution in [0.2, 0.25) is 0 Å². The van der Waals surface area contributed by atoms with Crippen molar-refractivity contribution in [3.63, 3.8) is 0 Å². The third kappa shape index (κ3) is 5.44. The number of urea groups is 1. The van der Waals surface area contributed by atoms with Crippen LogP contribution in [0.1, 0.15) is 35.6 Å². The third-order valence-electron chi connectivity index (χ3n) is 6.82. The molecular weight excluding hydrogens is 438 g/mol. The lowest BCUT2D eigenvalue weighted by Gasteiger charge is -2.30. The summed E-state index contributed by atoms with van der Waals surface area (Å²) in [5, 5.41) is 10.9. The lowest BCUT2D eigenvalue weighted by Crippen LogP contribution is -2.43. The fourth-order valence-corrected chi connectivity index (χ4v) is 4.99. The molecule has 178 valence electrons. The van der Waals surface area contributed by atoms with Gasteiger partial charge in [0, 0.05) is 49.0 Å². The number of hydrogen-bond acceptors (Lipinski definition) is 5. The van der Waals surface area contributed by atoms with E-state index in [4.69, 9.17) is 4.74 Å². The molecule has 2 amide bonds. The zero-order valence-corrected chi connectivity index (χ0v) is 19.9. The van der Waals surface area contributed by atoms with Crippen LogP contribution in [0.15, 0.2) is 66.9 Å². The van der Waals surface area contributed by atoms with E-state index < -0.39 is 0 Å². The highest BCUT2D eigenvalue weighted by Gasteiger charge is 2.38. The molecule has 2 saturated heterocycles. The number of methoxy groups -OCH3 is 1. The van der Waals surface area contributed by atoms with Crippen molar-refractivity contribution in [1.82, 2.24) is 20.0 Å². The molecule has 3 aromatic rings. The van der Waals surface area contributed by atoms with E-state index in [-0.39, 0.29) is 6.03 Å². The first kappa shape index (κ1) is 22.9. The highest BCUT2D eigenvalue weighted by Crippen LogP contribution is 2.35. The number of aromatic nitrogens is 2. The summed E-state index contributed by atoms with van der Waals surface area (Å²) in [6, 6.07) is 19.9. The maximum atomic E-state index is 13.1. The van der Waals surface area contributed by atoms with Gasteiger partial charge in [-0.1, -0.05) is 18.1 Å². The zero-order chi connectivity index (χ0) is 24.0. The number of benzene rings is 2. The van der Waals surface area contributed by atoms with Crippen molar-refractivity contribution in [3.8, 4) is 17.6 Å². The van der Waals surface area contributed by atoms with Crippen molar-refractivity contribution in [2.24, 2.45) is 0 Å². The Hall–Kier alpha value is -3.89. The fraction of sp³-hybridized carbons (Fsp3) is 0.321. The van der Waals surface area contributed by atoms with Gasteiger partial charge in [0.2, 0.25) is 0 Å². The number of nitrogens with one attached hydrogen (secondary N) is 1. The second-order valence-electron chi connectivity index (χ2n) is 8.94. The molecule has 0 spiro atoms. The molecule has 2 aliphatic rings. The summed E-state index contributed by atoms with van der Waals surface area (Å²) in [6.45, 7) is 3.58. The highest BCUT2D eigenvalue weighted by atomic mass is 16.5. The first-order valence-electron chi connectivity index (χ1n) is 12.0. The number of carbonyl (C=O) groups excluding carboxylic acids is 1. The third-order valence-corrected chi connectivity index (χ3v) is 6.82. The lowest BCUT2D eigenvalue weighted by atomic mass is 9.91. The molecule has 7 heteroatoms. The second-order valence-corrected chi connectivity index (χ2v) is 8.94. The SMILES string of the molecule is COc1ccc(NC(=O)N2CCCN3CC[C@H](c4ccc(C#Cc5cccnn5)cc4)[C@@H]3C2)cc1. The number of ether oxygens (including phenoxy) is 1. The summed E-state index contributed by atoms with van der Waals surface area (Å²) in [6.07, 6.45) is 3.72. The van der Waals surface area contributed by atoms with Crippen LogP contribution in [0.5, 0.6) is 5.75 Å². The predicted octanol–water partition coefficient (Wildman–Crippen LogP) is 3.98. The molecule has 3 heterocycles. The van der Waals surface area contributed by atoms with Gasteiger partial charge in [-0.15, -0.1) is 5.10 Å². The number of amides is 2. The molecule has 2 fully saturated rings. The molecule has 5 rings (SSSR count). The number of anilines is 1. The maximum Gasteiger partial charge on any atom is 0.321 e. The first-order valence-corrected chi connectivity index (χ1v) is 12.0. The van der Waals surface area contributed by atoms with Crippen molar-refractivity contribution in [2.75, 3.05) is 38.6 Å². The van der Waals surface area contributed by atoms with Gasteiger partial charge in [-0.2, -0.15) is 5.10 Å². The van der Waals surface area contributed by atoms with E-state index in [1.54, 1.807) is 13.3 Å². The minimum Gasteiger partial charge on any atom is -0.497 e. The van der Waals surface area contributed by atoms with Gasteiger partial charge in [-0.25, -0.2) is 4.79 Å². The van der Waals surface area contributed by atoms with Crippen LogP contribution in [-0.2, 0) is 0 Å². The van der Waals surface area contributed by atoms with Crippen LogP contribution < -0.4 is 10.1 Å². The molecule has 2 atom stereocenters. The Kier molecular flexibility index (Phi) is 6.92. The van der Waals surface area contributed by atoms with Crippen LogP contribution in [0.25, 0.3) is 0 Å². The lowest BCUT2D eigenvalue weighted by molar-refractivity contribution is 0.197. The van der Waals surface area contributed by atoms with E-state index in [1.807, 2.05) is 41.3 Å². The molecule has 0 aliphatic carbocycles. The van der Waals surface area contributed by atoms with Gasteiger partial charge < -0.3 is 15.0 Å². The zero-order valence-electron chi connectivity index (χ0n) is 19.9. The Morgan fingerprint density at radius 2 is 1.86 bits per heavy atom. The van der Waals surface area contributed by atoms with Gasteiger partial charge in [-0.05, 0) is 79.4 Å². The van der Waals surface area contributed by atoms with Gasteiger partial charge in [0.05, 0.1) is 7.11 Å². The highest BCUT2D eigenvalue weighted by molar-refractivity contribution is 5.89. The summed E-state index contributed by atoms with van der Waals surface area (Å²) >= 11 is 0. The maximum absolute atomic E-state index is 13.1. The number of fused-ring (bicyclic) bond motifs is 1. The van der Waals surface area contributed by atoms with E-state index in [1.165, 1.54) is 5.56 Å². The largest absolute Gasteiger partial charge is 0.497 e. The number of carbonyl (C=O) groups is 1. The van der Waals surface area contributed by atoms with Crippen molar-refractivity contribution in [1.29, 1.82) is 0 Å². The van der Waals surface area contributed by atoms with Crippen LogP contribution in [0, 0.1) is 11.8 Å². The quantitative estimate of drug-likeness (QED) is 0.590. The van der Waals surface area contributed by atoms with E-state index >= 15 is 0 Å². The van der Waals surface area contributed by atoms with Crippen LogP contribution in [0.3, 0.4) is 0 Å². The Morgan fingerprint density at radius 1 is 1.03 bits per heavy atom. The Labute approximate surface area is 206 Å². The number of rotatable bonds is 3. The standard InChI is InChI=1S/C28H29N5O2/c1-35-25-13-11-23(12-14-25)30-28(34)33-18-3-17-32-19-15-26(27(32)20-33)22-8-5-21(6-9-22)7-10-24-4-2-16-29-31-24/h2,4-6,8-9,11-14,16,26-27H,3,15,17-20H2,1H3,(H,30,34)/t26-,27+/m1/s1. The van der Waals surface area contributed by atoms with E-state index in [2.05, 4.69) is 56.5 Å². The average Bonchev–Trinajstić information content (AvgIpc) is 3.18. The molecule has 2 aromatic carbocycles. The van der Waals surface area contributed by atoms with Gasteiger partial charge in [0.1, 0.15) is 11.4 Å². The van der Waals surface area contributed by atoms with E-state index in [0.717, 1.165) is 56.0 Å². The molecule has 0 unspecified atom stereocenters. The van der Waals surface area contributed by atoms with Crippen molar-refractivity contribution in [3.05, 3.63) is 83.7 Å². The van der Waals surface area contributed by atoms with Crippen molar-refractivity contribution >= 4 is 11.7 Å². The smallest absolute Gasteiger partial charge is 0.321 e. The van der Waals surface area contributed by atoms with Crippen molar-refractivity contribution < 1.29 is 9.53 Å². The summed E-state index contributed by atoms with van der Waals surface area (Å²) in [7, 11) is 1.63. The molecule has 0 bridgehead atoms. The van der Waals surface area contributed by atoms with Crippen molar-refractivity contribution in [2.45, 2.75) is 24.8 Å². The van der Waals surface area contributed by atoms with Gasteiger partial charge in [0.15, 0.2) is 0 Å². The molecule has 35 heavy (non-hydrogen) atoms. The van der Waals surface area contributed by atoms with E-state index in [9.17, 15) is 4.79 Å².